The van der Waals surface area contributed by atoms with Gasteiger partial charge in [-0.1, -0.05) is 90.2 Å². The van der Waals surface area contributed by atoms with Gasteiger partial charge in [0.15, 0.2) is 17.3 Å². The third-order valence-corrected chi connectivity index (χ3v) is 12.4. The Morgan fingerprint density at radius 1 is 0.828 bits per heavy atom. The number of aliphatic hydroxyl groups is 1. The number of carbonyl (C=O) groups is 2. The van der Waals surface area contributed by atoms with E-state index < -0.39 is 11.8 Å². The van der Waals surface area contributed by atoms with Gasteiger partial charge in [-0.15, -0.1) is 5.69 Å². The highest BCUT2D eigenvalue weighted by atomic mass is 16.5. The molecule has 0 unspecified atom stereocenters. The molecule has 9 heteroatoms. The molecule has 8 rings (SSSR count). The van der Waals surface area contributed by atoms with Crippen molar-refractivity contribution in [3.63, 3.8) is 0 Å². The summed E-state index contributed by atoms with van der Waals surface area (Å²) in [5, 5.41) is 37.0. The lowest BCUT2D eigenvalue weighted by Gasteiger charge is -2.37. The monoisotopic (exact) mass is 779 g/mol. The van der Waals surface area contributed by atoms with Crippen molar-refractivity contribution in [1.29, 1.82) is 0 Å². The number of aryl methyl sites for hydroxylation is 2. The first-order valence-electron chi connectivity index (χ1n) is 21.0. The first kappa shape index (κ1) is 39.3. The lowest BCUT2D eigenvalue weighted by atomic mass is 9.69. The largest absolute Gasteiger partial charge is 0.664 e. The molecule has 0 amide bonds. The molecule has 1 aliphatic heterocycles. The summed E-state index contributed by atoms with van der Waals surface area (Å²) in [6, 6.07) is 23.6. The van der Waals surface area contributed by atoms with Crippen LogP contribution in [0.2, 0.25) is 0 Å². The Balaban J connectivity index is 1.14. The number of nitrogens with one attached hydrogen (secondary N) is 1. The molecule has 4 N–H and O–H groups in total. The zero-order chi connectivity index (χ0) is 40.0. The highest BCUT2D eigenvalue weighted by Gasteiger charge is 2.40. The number of nitrogens with zero attached hydrogens (tertiary/aromatic N) is 2. The minimum Gasteiger partial charge on any atom is -0.664 e. The molecule has 3 heterocycles. The number of aromatic amines is 1. The number of H-pyrrole nitrogens is 1. The highest BCUT2D eigenvalue weighted by Crippen LogP contribution is 2.45. The molecule has 2 aliphatic carbocycles. The molecule has 9 nitrogen and oxygen atoms in total. The first-order valence-corrected chi connectivity index (χ1v) is 21.0. The zero-order valence-corrected chi connectivity index (χ0v) is 33.0. The minimum atomic E-state index is -0.993. The van der Waals surface area contributed by atoms with Crippen molar-refractivity contribution in [2.24, 2.45) is 11.8 Å². The lowest BCUT2D eigenvalue weighted by Crippen LogP contribution is -2.37. The maximum absolute atomic E-state index is 15.1. The van der Waals surface area contributed by atoms with Crippen LogP contribution in [0.25, 0.3) is 11.4 Å². The van der Waals surface area contributed by atoms with Crippen LogP contribution in [-0.4, -0.2) is 51.1 Å². The van der Waals surface area contributed by atoms with Crippen LogP contribution < -0.4 is 9.72 Å². The Bertz CT molecular complexity index is 2260. The standard InChI is InChI=1S/C49H53N3O6/c53-22-19-42-44(55)16-15-34-26-36(47(56)45(28-34)58-39-12-2-3-13-39)25-33-10-5-9-32(23-33)24-35-17-20-51-49(35)52-30-37-29-43-40(18-21-50-43)41(46(37)48(42)57)14-4-1-7-31-8-6-11-38(54)27-31/h5-6,8-11,17-18,20-21,23,26-29,39,41-42,46,51,53-54,56H,1-4,7,12-16,19,22,24-25,30H2/q-2/t41-,42-,46+/m0/s1. The fraction of sp³-hybridized carbons (Fsp3) is 0.388. The molecule has 1 saturated carbocycles. The number of aliphatic hydroxyl groups excluding tert-OH is 1. The van der Waals surface area contributed by atoms with E-state index in [0.717, 1.165) is 101 Å². The molecule has 302 valence electrons. The van der Waals surface area contributed by atoms with Crippen LogP contribution in [0.1, 0.15) is 108 Å². The van der Waals surface area contributed by atoms with E-state index in [0.29, 0.717) is 31.4 Å². The van der Waals surface area contributed by atoms with E-state index in [1.165, 1.54) is 0 Å². The fourth-order valence-electron chi connectivity index (χ4n) is 9.42. The van der Waals surface area contributed by atoms with Gasteiger partial charge in [0.2, 0.25) is 0 Å². The van der Waals surface area contributed by atoms with Crippen LogP contribution in [0.3, 0.4) is 0 Å². The Kier molecular flexibility index (Phi) is 12.2. The van der Waals surface area contributed by atoms with Crippen molar-refractivity contribution in [1.82, 2.24) is 9.97 Å². The zero-order valence-electron chi connectivity index (χ0n) is 33.0. The number of phenolic OH excluding ortho intramolecular Hbond substituents is 2. The molecule has 0 radical (unpaired) electrons. The third kappa shape index (κ3) is 8.95. The number of ketones is 2. The number of ether oxygens (including phenoxy) is 1. The van der Waals surface area contributed by atoms with Gasteiger partial charge in [-0.2, -0.15) is 6.20 Å². The molecule has 1 fully saturated rings. The average Bonchev–Trinajstić information content (AvgIpc) is 4.01. The molecule has 58 heavy (non-hydrogen) atoms. The maximum Gasteiger partial charge on any atom is 0.161 e. The fourth-order valence-corrected chi connectivity index (χ4v) is 9.42. The molecule has 3 atom stereocenters. The van der Waals surface area contributed by atoms with Gasteiger partial charge in [0.25, 0.3) is 0 Å². The van der Waals surface area contributed by atoms with Gasteiger partial charge in [-0.3, -0.25) is 9.59 Å². The third-order valence-electron chi connectivity index (χ3n) is 12.4. The molecule has 3 aliphatic rings. The van der Waals surface area contributed by atoms with Crippen molar-refractivity contribution >= 4 is 23.5 Å². The SMILES string of the molecule is O=C1CCc2cc(c(O)c(OC3CCCC3)c2)Cc2cccc(c2)Cc2cc[nH]c2[N-]CC2=Cc3[n-]ccc3[C@H](CCCCc3cccc(O)c3)[C@@H]2C(=O)[C@H]1CCO. The van der Waals surface area contributed by atoms with E-state index in [1.807, 2.05) is 54.7 Å². The number of aromatic hydroxyl groups is 2. The molecular weight excluding hydrogens is 727 g/mol. The molecule has 4 bridgehead atoms. The van der Waals surface area contributed by atoms with E-state index in [2.05, 4.69) is 23.2 Å². The summed E-state index contributed by atoms with van der Waals surface area (Å²) in [6.45, 7) is -0.0337. The molecule has 0 saturated heterocycles. The summed E-state index contributed by atoms with van der Waals surface area (Å²) in [6.07, 6.45) is 14.6. The Labute approximate surface area is 340 Å². The molecule has 0 spiro atoms. The van der Waals surface area contributed by atoms with Crippen LogP contribution in [0.15, 0.2) is 90.8 Å². The van der Waals surface area contributed by atoms with Crippen LogP contribution in [-0.2, 0) is 35.3 Å². The van der Waals surface area contributed by atoms with Crippen LogP contribution in [0.5, 0.6) is 17.2 Å². The molecule has 3 aromatic carbocycles. The normalized spacial score (nSPS) is 20.2. The van der Waals surface area contributed by atoms with Crippen LogP contribution in [0, 0.1) is 11.8 Å². The van der Waals surface area contributed by atoms with E-state index in [-0.39, 0.29) is 61.1 Å². The maximum atomic E-state index is 15.1. The summed E-state index contributed by atoms with van der Waals surface area (Å²) in [5.74, 6) is -0.649. The van der Waals surface area contributed by atoms with E-state index in [4.69, 9.17) is 15.0 Å². The topological polar surface area (TPSA) is 148 Å². The highest BCUT2D eigenvalue weighted by molar-refractivity contribution is 6.05. The van der Waals surface area contributed by atoms with Gasteiger partial charge < -0.3 is 35.3 Å². The number of benzene rings is 3. The number of phenols is 2. The van der Waals surface area contributed by atoms with Crippen molar-refractivity contribution < 1.29 is 29.6 Å². The second-order valence-electron chi connectivity index (χ2n) is 16.4. The Morgan fingerprint density at radius 2 is 1.64 bits per heavy atom. The van der Waals surface area contributed by atoms with Gasteiger partial charge in [0, 0.05) is 30.9 Å². The van der Waals surface area contributed by atoms with Gasteiger partial charge in [-0.25, -0.2) is 0 Å². The van der Waals surface area contributed by atoms with E-state index in [9.17, 15) is 20.1 Å². The number of unbranched alkanes of at least 4 members (excludes halogenated alkanes) is 1. The molecular formula is C49H53N3O6-2. The van der Waals surface area contributed by atoms with Crippen molar-refractivity contribution in [3.8, 4) is 17.2 Å². The summed E-state index contributed by atoms with van der Waals surface area (Å²) in [4.78, 5) is 37.5. The van der Waals surface area contributed by atoms with E-state index >= 15 is 4.79 Å². The number of carbonyl (C=O) groups excluding carboxylic acids is 2. The smallest absolute Gasteiger partial charge is 0.161 e. The Hall–Kier alpha value is -5.54. The number of fused-ring (bicyclic) bond motifs is 7. The van der Waals surface area contributed by atoms with Gasteiger partial charge in [0.05, 0.1) is 12.0 Å². The first-order chi connectivity index (χ1) is 28.3. The van der Waals surface area contributed by atoms with Gasteiger partial charge in [-0.05, 0) is 123 Å². The predicted molar refractivity (Wildman–Crippen MR) is 225 cm³/mol. The second kappa shape index (κ2) is 17.9. The summed E-state index contributed by atoms with van der Waals surface area (Å²) in [7, 11) is 0. The predicted octanol–water partition coefficient (Wildman–Crippen LogP) is 9.18. The lowest BCUT2D eigenvalue weighted by molar-refractivity contribution is -0.135. The van der Waals surface area contributed by atoms with Crippen LogP contribution >= 0.6 is 0 Å². The second-order valence-corrected chi connectivity index (χ2v) is 16.4. The van der Waals surface area contributed by atoms with Gasteiger partial charge >= 0.3 is 0 Å². The number of hydrogen-bond acceptors (Lipinski definition) is 6. The average molecular weight is 780 g/mol. The van der Waals surface area contributed by atoms with Crippen molar-refractivity contribution in [2.75, 3.05) is 13.2 Å². The number of Topliss-reactive ketones (excluding diaryl/α,β-unsaturated/α-hetero) is 2. The summed E-state index contributed by atoms with van der Waals surface area (Å²) >= 11 is 0. The van der Waals surface area contributed by atoms with E-state index in [1.54, 1.807) is 18.3 Å². The minimum absolute atomic E-state index is 0.0384. The van der Waals surface area contributed by atoms with Crippen molar-refractivity contribution in [3.05, 3.63) is 141 Å². The molecule has 2 aromatic heterocycles. The quantitative estimate of drug-likeness (QED) is 0.0862. The summed E-state index contributed by atoms with van der Waals surface area (Å²) in [5.41, 5.74) is 8.50. The molecule has 5 aromatic rings. The number of aromatic nitrogens is 2. The Morgan fingerprint density at radius 3 is 2.45 bits per heavy atom. The summed E-state index contributed by atoms with van der Waals surface area (Å²) < 4.78 is 6.41. The number of rotatable bonds is 9. The van der Waals surface area contributed by atoms with Crippen molar-refractivity contribution in [2.45, 2.75) is 95.5 Å². The number of hydrogen-bond donors (Lipinski definition) is 4. The van der Waals surface area contributed by atoms with Crippen LogP contribution in [0.4, 0.5) is 5.82 Å². The van der Waals surface area contributed by atoms with Gasteiger partial charge in [0.1, 0.15) is 11.5 Å².